The summed E-state index contributed by atoms with van der Waals surface area (Å²) < 4.78 is 0. The lowest BCUT2D eigenvalue weighted by atomic mass is 9.88. The zero-order valence-corrected chi connectivity index (χ0v) is 12.3. The van der Waals surface area contributed by atoms with Gasteiger partial charge in [-0.1, -0.05) is 60.7 Å². The Hall–Kier alpha value is -1.62. The van der Waals surface area contributed by atoms with Crippen molar-refractivity contribution in [1.82, 2.24) is 0 Å². The molecule has 0 aliphatic carbocycles. The molecule has 2 aromatic carbocycles. The van der Waals surface area contributed by atoms with Crippen molar-refractivity contribution in [2.45, 2.75) is 12.5 Å². The fraction of sp³-hybridized carbons (Fsp3) is 0.133. The normalized spacial score (nSPS) is 13.0. The van der Waals surface area contributed by atoms with Gasteiger partial charge in [-0.05, 0) is 12.5 Å². The zero-order chi connectivity index (χ0) is 15.9. The van der Waals surface area contributed by atoms with Gasteiger partial charge in [0.25, 0.3) is 0 Å². The molecule has 0 saturated heterocycles. The minimum Gasteiger partial charge on any atom is -0.377 e. The van der Waals surface area contributed by atoms with Crippen LogP contribution in [0.15, 0.2) is 60.7 Å². The van der Waals surface area contributed by atoms with E-state index in [9.17, 15) is 9.90 Å². The SMILES string of the molecule is CC(O)(C(=O)c1ccccc1)c1ccccc1.OP(O)O. The van der Waals surface area contributed by atoms with Crippen molar-refractivity contribution >= 4 is 14.4 Å². The fourth-order valence-electron chi connectivity index (χ4n) is 1.76. The summed E-state index contributed by atoms with van der Waals surface area (Å²) in [4.78, 5) is 33.9. The third-order valence-electron chi connectivity index (χ3n) is 2.81. The van der Waals surface area contributed by atoms with E-state index >= 15 is 0 Å². The number of ketones is 1. The molecule has 21 heavy (non-hydrogen) atoms. The van der Waals surface area contributed by atoms with Crippen LogP contribution in [0, 0.1) is 0 Å². The Morgan fingerprint density at radius 3 is 1.71 bits per heavy atom. The van der Waals surface area contributed by atoms with Crippen molar-refractivity contribution < 1.29 is 24.6 Å². The van der Waals surface area contributed by atoms with E-state index in [1.165, 1.54) is 6.92 Å². The van der Waals surface area contributed by atoms with Crippen LogP contribution in [0.5, 0.6) is 0 Å². The smallest absolute Gasteiger partial charge is 0.324 e. The molecular weight excluding hydrogens is 291 g/mol. The van der Waals surface area contributed by atoms with E-state index in [0.29, 0.717) is 11.1 Å². The van der Waals surface area contributed by atoms with Gasteiger partial charge in [-0.25, -0.2) is 0 Å². The second-order valence-corrected chi connectivity index (χ2v) is 4.94. The molecule has 0 aromatic heterocycles. The molecule has 1 unspecified atom stereocenters. The van der Waals surface area contributed by atoms with Crippen molar-refractivity contribution in [1.29, 1.82) is 0 Å². The maximum absolute atomic E-state index is 12.2. The summed E-state index contributed by atoms with van der Waals surface area (Å²) in [6.45, 7) is 1.53. The van der Waals surface area contributed by atoms with Gasteiger partial charge in [0.05, 0.1) is 0 Å². The summed E-state index contributed by atoms with van der Waals surface area (Å²) in [5.74, 6) is -0.288. The molecule has 0 bridgehead atoms. The van der Waals surface area contributed by atoms with Crippen LogP contribution in [-0.4, -0.2) is 25.6 Å². The lowest BCUT2D eigenvalue weighted by molar-refractivity contribution is 0.0392. The number of carbonyl (C=O) groups excluding carboxylic acids is 1. The first-order valence-corrected chi connectivity index (χ1v) is 7.30. The first-order chi connectivity index (χ1) is 9.85. The molecule has 4 N–H and O–H groups in total. The Kier molecular flexibility index (Phi) is 6.62. The van der Waals surface area contributed by atoms with Crippen molar-refractivity contribution in [2.24, 2.45) is 0 Å². The van der Waals surface area contributed by atoms with Gasteiger partial charge in [0.1, 0.15) is 5.60 Å². The molecule has 0 fully saturated rings. The molecule has 5 nitrogen and oxygen atoms in total. The topological polar surface area (TPSA) is 98.0 Å². The van der Waals surface area contributed by atoms with Gasteiger partial charge in [0.15, 0.2) is 5.78 Å². The summed E-state index contributed by atoms with van der Waals surface area (Å²) in [6, 6.07) is 17.8. The van der Waals surface area contributed by atoms with E-state index in [-0.39, 0.29) is 5.78 Å². The molecule has 0 radical (unpaired) electrons. The second-order valence-electron chi connectivity index (χ2n) is 4.40. The minimum atomic E-state index is -2.62. The van der Waals surface area contributed by atoms with Crippen LogP contribution >= 0.6 is 8.60 Å². The largest absolute Gasteiger partial charge is 0.377 e. The Bertz CT molecular complexity index is 552. The molecule has 0 heterocycles. The maximum atomic E-state index is 12.2. The van der Waals surface area contributed by atoms with Crippen LogP contribution in [0.1, 0.15) is 22.8 Å². The molecule has 112 valence electrons. The number of aliphatic hydroxyl groups is 1. The highest BCUT2D eigenvalue weighted by molar-refractivity contribution is 7.38. The van der Waals surface area contributed by atoms with E-state index in [1.807, 2.05) is 24.3 Å². The van der Waals surface area contributed by atoms with Gasteiger partial charge < -0.3 is 19.8 Å². The zero-order valence-electron chi connectivity index (χ0n) is 11.4. The highest BCUT2D eigenvalue weighted by Gasteiger charge is 2.32. The Morgan fingerprint density at radius 2 is 1.29 bits per heavy atom. The standard InChI is InChI=1S/C15H14O2.H3O3P/c1-15(17,13-10-6-3-7-11-13)14(16)12-8-4-2-5-9-12;1-4(2)3/h2-11,17H,1H3;1-3H. The first kappa shape index (κ1) is 17.4. The number of rotatable bonds is 3. The van der Waals surface area contributed by atoms with Gasteiger partial charge in [-0.3, -0.25) is 4.79 Å². The number of Topliss-reactive ketones (excluding diaryl/α,β-unsaturated/α-hetero) is 1. The highest BCUT2D eigenvalue weighted by Crippen LogP contribution is 2.24. The van der Waals surface area contributed by atoms with Crippen molar-refractivity contribution in [2.75, 3.05) is 0 Å². The third-order valence-corrected chi connectivity index (χ3v) is 2.81. The van der Waals surface area contributed by atoms with E-state index in [4.69, 9.17) is 14.7 Å². The summed E-state index contributed by atoms with van der Waals surface area (Å²) >= 11 is 0. The van der Waals surface area contributed by atoms with Gasteiger partial charge in [0, 0.05) is 5.56 Å². The average Bonchev–Trinajstić information content (AvgIpc) is 2.47. The molecule has 0 aliphatic rings. The summed E-state index contributed by atoms with van der Waals surface area (Å²) in [6.07, 6.45) is 0. The Balaban J connectivity index is 0.000000491. The summed E-state index contributed by atoms with van der Waals surface area (Å²) in [7, 11) is -2.62. The van der Waals surface area contributed by atoms with Gasteiger partial charge in [0.2, 0.25) is 0 Å². The predicted molar refractivity (Wildman–Crippen MR) is 80.4 cm³/mol. The fourth-order valence-corrected chi connectivity index (χ4v) is 1.76. The van der Waals surface area contributed by atoms with Crippen LogP contribution in [0.2, 0.25) is 0 Å². The Morgan fingerprint density at radius 1 is 0.905 bits per heavy atom. The van der Waals surface area contributed by atoms with E-state index in [0.717, 1.165) is 0 Å². The molecule has 0 saturated carbocycles. The molecule has 0 spiro atoms. The molecule has 0 aliphatic heterocycles. The number of carbonyl (C=O) groups is 1. The van der Waals surface area contributed by atoms with Gasteiger partial charge >= 0.3 is 8.60 Å². The number of hydrogen-bond donors (Lipinski definition) is 4. The van der Waals surface area contributed by atoms with Crippen LogP contribution in [0.25, 0.3) is 0 Å². The Labute approximate surface area is 124 Å². The average molecular weight is 308 g/mol. The van der Waals surface area contributed by atoms with Crippen molar-refractivity contribution in [3.8, 4) is 0 Å². The predicted octanol–water partition coefficient (Wildman–Crippen LogP) is 1.97. The van der Waals surface area contributed by atoms with Gasteiger partial charge in [-0.15, -0.1) is 0 Å². The highest BCUT2D eigenvalue weighted by atomic mass is 31.2. The van der Waals surface area contributed by atoms with Crippen molar-refractivity contribution in [3.63, 3.8) is 0 Å². The van der Waals surface area contributed by atoms with Crippen LogP contribution in [0.4, 0.5) is 0 Å². The van der Waals surface area contributed by atoms with Crippen LogP contribution in [0.3, 0.4) is 0 Å². The molecule has 0 amide bonds. The molecule has 2 rings (SSSR count). The minimum absolute atomic E-state index is 0.288. The van der Waals surface area contributed by atoms with Crippen molar-refractivity contribution in [3.05, 3.63) is 71.8 Å². The first-order valence-electron chi connectivity index (χ1n) is 6.10. The van der Waals surface area contributed by atoms with Crippen LogP contribution in [-0.2, 0) is 5.60 Å². The van der Waals surface area contributed by atoms with E-state index < -0.39 is 14.2 Å². The monoisotopic (exact) mass is 308 g/mol. The van der Waals surface area contributed by atoms with E-state index in [2.05, 4.69) is 0 Å². The molecule has 1 atom stereocenters. The number of hydrogen-bond acceptors (Lipinski definition) is 5. The third kappa shape index (κ3) is 5.34. The second kappa shape index (κ2) is 7.98. The number of benzene rings is 2. The lowest BCUT2D eigenvalue weighted by Crippen LogP contribution is -2.32. The summed E-state index contributed by atoms with van der Waals surface area (Å²) in [5.41, 5.74) is -0.363. The molecule has 2 aromatic rings. The van der Waals surface area contributed by atoms with Gasteiger partial charge in [-0.2, -0.15) is 0 Å². The molecular formula is C15H17O5P. The van der Waals surface area contributed by atoms with E-state index in [1.54, 1.807) is 36.4 Å². The maximum Gasteiger partial charge on any atom is 0.324 e. The lowest BCUT2D eigenvalue weighted by Gasteiger charge is -2.22. The molecule has 6 heteroatoms. The summed E-state index contributed by atoms with van der Waals surface area (Å²) in [5, 5.41) is 10.4. The van der Waals surface area contributed by atoms with Crippen LogP contribution < -0.4 is 0 Å². The quantitative estimate of drug-likeness (QED) is 0.513.